The molecule has 3 atom stereocenters. The van der Waals surface area contributed by atoms with Gasteiger partial charge in [-0.05, 0) is 60.2 Å². The molecule has 0 aliphatic heterocycles. The first-order valence-electron chi connectivity index (χ1n) is 21.8. The summed E-state index contributed by atoms with van der Waals surface area (Å²) in [7, 11) is -3.23. The summed E-state index contributed by atoms with van der Waals surface area (Å²) in [5, 5.41) is 22.4. The quantitative estimate of drug-likeness (QED) is 0.0531. The fraction of sp³-hybridized carbons (Fsp3) is 0.543. The molecular formula is C46H69F2N5O9Si2. The van der Waals surface area contributed by atoms with Crippen molar-refractivity contribution in [3.8, 4) is 11.1 Å². The third kappa shape index (κ3) is 17.2. The van der Waals surface area contributed by atoms with Crippen LogP contribution in [0.1, 0.15) is 57.3 Å². The number of hydrogen-bond donors (Lipinski definition) is 4. The predicted molar refractivity (Wildman–Crippen MR) is 248 cm³/mol. The summed E-state index contributed by atoms with van der Waals surface area (Å²) in [5.41, 5.74) is 7.61. The van der Waals surface area contributed by atoms with Gasteiger partial charge in [-0.1, -0.05) is 90.4 Å². The number of ether oxygens (including phenoxy) is 2. The number of carbonyl (C=O) groups excluding carboxylic acids is 4. The van der Waals surface area contributed by atoms with Gasteiger partial charge in [-0.15, -0.1) is 0 Å². The normalized spacial score (nSPS) is 13.4. The summed E-state index contributed by atoms with van der Waals surface area (Å²) in [6.45, 7) is 17.6. The van der Waals surface area contributed by atoms with E-state index < -0.39 is 94.2 Å². The zero-order chi connectivity index (χ0) is 48.0. The summed E-state index contributed by atoms with van der Waals surface area (Å²) >= 11 is 0. The van der Waals surface area contributed by atoms with Crippen LogP contribution in [-0.4, -0.2) is 122 Å². The Bertz CT molecular complexity index is 2030. The summed E-state index contributed by atoms with van der Waals surface area (Å²) in [5.74, 6) is -4.47. The number of carbonyl (C=O) groups is 5. The second-order valence-electron chi connectivity index (χ2n) is 19.6. The SMILES string of the molecule is CC(C)(C)C(c1cc(-c2cc(F)ccc2F)cn1Cc1ccccc1)N(CCC(N)C(=O)NCCN(C(=O)OCC[Si](C)(C)C)C(CCC(=O)O)C(=O)OCC[Si](C)(C)C)C(=O)CO. The molecule has 354 valence electrons. The van der Waals surface area contributed by atoms with Crippen LogP contribution in [0.15, 0.2) is 60.8 Å². The van der Waals surface area contributed by atoms with E-state index in [-0.39, 0.29) is 51.3 Å². The second kappa shape index (κ2) is 23.8. The largest absolute Gasteiger partial charge is 0.481 e. The maximum Gasteiger partial charge on any atom is 0.410 e. The summed E-state index contributed by atoms with van der Waals surface area (Å²) in [6, 6.07) is 12.4. The molecule has 1 heterocycles. The molecule has 0 saturated heterocycles. The Morgan fingerprint density at radius 1 is 0.859 bits per heavy atom. The van der Waals surface area contributed by atoms with Crippen molar-refractivity contribution in [3.05, 3.63) is 83.7 Å². The summed E-state index contributed by atoms with van der Waals surface area (Å²) < 4.78 is 42.6. The van der Waals surface area contributed by atoms with E-state index in [9.17, 15) is 38.6 Å². The van der Waals surface area contributed by atoms with Gasteiger partial charge in [-0.25, -0.2) is 18.4 Å². The lowest BCUT2D eigenvalue weighted by Crippen LogP contribution is -2.51. The Hall–Kier alpha value is -4.92. The van der Waals surface area contributed by atoms with Crippen LogP contribution < -0.4 is 11.1 Å². The average molecular weight is 930 g/mol. The molecule has 3 rings (SSSR count). The molecule has 0 radical (unpaired) electrons. The number of nitrogens with two attached hydrogens (primary N) is 1. The minimum atomic E-state index is -1.62. The van der Waals surface area contributed by atoms with Crippen LogP contribution in [0.5, 0.6) is 0 Å². The Labute approximate surface area is 378 Å². The number of aliphatic hydroxyl groups excluding tert-OH is 1. The highest BCUT2D eigenvalue weighted by atomic mass is 28.3. The molecule has 0 bridgehead atoms. The summed E-state index contributed by atoms with van der Waals surface area (Å²) in [4.78, 5) is 68.4. The van der Waals surface area contributed by atoms with Gasteiger partial charge in [0.15, 0.2) is 0 Å². The molecule has 2 aromatic carbocycles. The van der Waals surface area contributed by atoms with Crippen molar-refractivity contribution in [2.45, 2.75) is 116 Å². The highest BCUT2D eigenvalue weighted by Crippen LogP contribution is 2.41. The molecule has 0 saturated carbocycles. The molecule has 0 fully saturated rings. The number of halogens is 2. The van der Waals surface area contributed by atoms with Gasteiger partial charge in [0.25, 0.3) is 0 Å². The molecule has 5 N–H and O–H groups in total. The smallest absolute Gasteiger partial charge is 0.410 e. The first-order chi connectivity index (χ1) is 29.8. The molecule has 0 aliphatic carbocycles. The number of hydrogen-bond acceptors (Lipinski definition) is 9. The van der Waals surface area contributed by atoms with Gasteiger partial charge >= 0.3 is 18.0 Å². The number of aliphatic carboxylic acids is 1. The monoisotopic (exact) mass is 929 g/mol. The Morgan fingerprint density at radius 2 is 1.48 bits per heavy atom. The molecular weight excluding hydrogens is 861 g/mol. The molecule has 0 aliphatic rings. The van der Waals surface area contributed by atoms with Gasteiger partial charge in [0, 0.05) is 71.8 Å². The average Bonchev–Trinajstić information content (AvgIpc) is 3.59. The maximum atomic E-state index is 15.2. The first-order valence-corrected chi connectivity index (χ1v) is 29.2. The van der Waals surface area contributed by atoms with Crippen LogP contribution >= 0.6 is 0 Å². The number of aliphatic hydroxyl groups is 1. The van der Waals surface area contributed by atoms with E-state index in [1.165, 1.54) is 4.90 Å². The number of amides is 3. The lowest BCUT2D eigenvalue weighted by Gasteiger charge is -2.41. The number of rotatable bonds is 24. The van der Waals surface area contributed by atoms with Crippen molar-refractivity contribution in [2.75, 3.05) is 39.5 Å². The minimum Gasteiger partial charge on any atom is -0.481 e. The van der Waals surface area contributed by atoms with E-state index in [2.05, 4.69) is 44.6 Å². The van der Waals surface area contributed by atoms with Crippen molar-refractivity contribution in [1.29, 1.82) is 0 Å². The number of carboxylic acids is 1. The highest BCUT2D eigenvalue weighted by Gasteiger charge is 2.38. The van der Waals surface area contributed by atoms with E-state index in [1.54, 1.807) is 12.3 Å². The molecule has 3 amide bonds. The number of aromatic nitrogens is 1. The van der Waals surface area contributed by atoms with Crippen molar-refractivity contribution in [3.63, 3.8) is 0 Å². The van der Waals surface area contributed by atoms with Crippen LogP contribution in [0.4, 0.5) is 13.6 Å². The second-order valence-corrected chi connectivity index (χ2v) is 30.9. The molecule has 3 unspecified atom stereocenters. The van der Waals surface area contributed by atoms with E-state index >= 15 is 4.39 Å². The highest BCUT2D eigenvalue weighted by molar-refractivity contribution is 6.76. The number of benzene rings is 2. The molecule has 64 heavy (non-hydrogen) atoms. The molecule has 3 aromatic rings. The molecule has 0 spiro atoms. The third-order valence-electron chi connectivity index (χ3n) is 10.6. The number of nitrogens with zero attached hydrogens (tertiary/aromatic N) is 3. The van der Waals surface area contributed by atoms with Crippen LogP contribution in [-0.2, 0) is 35.2 Å². The summed E-state index contributed by atoms with van der Waals surface area (Å²) in [6.07, 6.45) is 0.116. The Balaban J connectivity index is 1.88. The third-order valence-corrected chi connectivity index (χ3v) is 14.0. The van der Waals surface area contributed by atoms with Crippen molar-refractivity contribution in [2.24, 2.45) is 11.1 Å². The van der Waals surface area contributed by atoms with Crippen LogP contribution in [0.25, 0.3) is 11.1 Å². The Morgan fingerprint density at radius 3 is 2.06 bits per heavy atom. The zero-order valence-electron chi connectivity index (χ0n) is 38.9. The van der Waals surface area contributed by atoms with Gasteiger partial charge < -0.3 is 40.2 Å². The lowest BCUT2D eigenvalue weighted by atomic mass is 9.82. The van der Waals surface area contributed by atoms with E-state index in [0.717, 1.165) is 28.7 Å². The molecule has 18 heteroatoms. The lowest BCUT2D eigenvalue weighted by molar-refractivity contribution is -0.149. The van der Waals surface area contributed by atoms with Crippen molar-refractivity contribution in [1.82, 2.24) is 19.7 Å². The first kappa shape index (κ1) is 53.4. The number of nitrogens with one attached hydrogen (secondary N) is 1. The van der Waals surface area contributed by atoms with Crippen LogP contribution in [0, 0.1) is 17.0 Å². The number of esters is 1. The number of carboxylic acid groups (broad SMARTS) is 1. The van der Waals surface area contributed by atoms with Crippen LogP contribution in [0.2, 0.25) is 51.4 Å². The molecule has 1 aromatic heterocycles. The fourth-order valence-electron chi connectivity index (χ4n) is 7.06. The standard InChI is InChI=1S/C46H69F2N5O9Si2/c1-46(2,3)42(39-27-33(35-28-34(47)15-16-36(35)48)30-51(39)29-32-13-11-10-12-14-32)53(40(55)31-54)21-19-37(49)43(58)50-20-22-52(45(60)62-24-26-64(7,8)9)38(17-18-41(56)57)44(59)61-23-25-63(4,5)6/h10-16,27-28,30,37-38,42,54H,17-26,29,31,49H2,1-9H3,(H,50,58)(H,56,57). The zero-order valence-corrected chi connectivity index (χ0v) is 40.9. The molecule has 14 nitrogen and oxygen atoms in total. The maximum absolute atomic E-state index is 15.2. The fourth-order valence-corrected chi connectivity index (χ4v) is 8.49. The van der Waals surface area contributed by atoms with Gasteiger partial charge in [0.1, 0.15) is 24.3 Å². The van der Waals surface area contributed by atoms with Gasteiger partial charge in [0.05, 0.1) is 25.3 Å². The van der Waals surface area contributed by atoms with Crippen LogP contribution in [0.3, 0.4) is 0 Å². The van der Waals surface area contributed by atoms with Gasteiger partial charge in [-0.3, -0.25) is 19.3 Å². The predicted octanol–water partition coefficient (Wildman–Crippen LogP) is 7.11. The van der Waals surface area contributed by atoms with Crippen molar-refractivity contribution >= 4 is 46.0 Å². The Kier molecular flexibility index (Phi) is 19.9. The minimum absolute atomic E-state index is 0.0324. The van der Waals surface area contributed by atoms with E-state index in [0.29, 0.717) is 29.9 Å². The topological polar surface area (TPSA) is 194 Å². The van der Waals surface area contributed by atoms with Crippen molar-refractivity contribution < 1.29 is 52.4 Å². The van der Waals surface area contributed by atoms with E-state index in [4.69, 9.17) is 15.2 Å². The van der Waals surface area contributed by atoms with Gasteiger partial charge in [0.2, 0.25) is 11.8 Å². The van der Waals surface area contributed by atoms with Gasteiger partial charge in [-0.2, -0.15) is 0 Å². The van der Waals surface area contributed by atoms with E-state index in [1.807, 2.05) is 55.7 Å².